The SMILES string of the molecule is [Cl-].[Cl-].[Cl-].[Si]CC[CH2][Sn+3]. The van der Waals surface area contributed by atoms with Crippen molar-refractivity contribution < 1.29 is 37.2 Å². The summed E-state index contributed by atoms with van der Waals surface area (Å²) in [6.07, 6.45) is 1.34. The summed E-state index contributed by atoms with van der Waals surface area (Å²) in [6.45, 7) is 0. The summed E-state index contributed by atoms with van der Waals surface area (Å²) < 4.78 is 1.39. The molecule has 0 amide bonds. The summed E-state index contributed by atoms with van der Waals surface area (Å²) in [6, 6.07) is 1.17. The van der Waals surface area contributed by atoms with Gasteiger partial charge in [-0.2, -0.15) is 0 Å². The average Bonchev–Trinajstić information content (AvgIpc) is 1.41. The second kappa shape index (κ2) is 23.1. The summed E-state index contributed by atoms with van der Waals surface area (Å²) in [7, 11) is 3.36. The number of hydrogen-bond acceptors (Lipinski definition) is 0. The van der Waals surface area contributed by atoms with Crippen LogP contribution < -0.4 is 37.2 Å². The third-order valence-corrected chi connectivity index (χ3v) is 1.72. The predicted octanol–water partition coefficient (Wildman–Crippen LogP) is -8.44. The predicted molar refractivity (Wildman–Crippen MR) is 25.7 cm³/mol. The Bertz CT molecular complexity index is 22.0. The first-order chi connectivity index (χ1) is 2.41. The van der Waals surface area contributed by atoms with Crippen molar-refractivity contribution in [1.29, 1.82) is 0 Å². The first-order valence-electron chi connectivity index (χ1n) is 1.71. The molecule has 0 aliphatic carbocycles. The minimum absolute atomic E-state index is 0. The zero-order chi connectivity index (χ0) is 4.12. The summed E-state index contributed by atoms with van der Waals surface area (Å²) in [5.74, 6) is 0. The second-order valence-electron chi connectivity index (χ2n) is 0.854. The van der Waals surface area contributed by atoms with Crippen LogP contribution in [0.25, 0.3) is 0 Å². The second-order valence-corrected chi connectivity index (χ2v) is 2.78. The van der Waals surface area contributed by atoms with Crippen LogP contribution in [-0.2, 0) is 0 Å². The van der Waals surface area contributed by atoms with Crippen molar-refractivity contribution in [1.82, 2.24) is 0 Å². The molecule has 5 heteroatoms. The van der Waals surface area contributed by atoms with Crippen molar-refractivity contribution in [2.24, 2.45) is 0 Å². The zero-order valence-electron chi connectivity index (χ0n) is 4.26. The van der Waals surface area contributed by atoms with Crippen molar-refractivity contribution in [3.63, 3.8) is 0 Å². The molecule has 0 aromatic heterocycles. The third kappa shape index (κ3) is 24.8. The summed E-state index contributed by atoms with van der Waals surface area (Å²) >= 11 is 1.65. The van der Waals surface area contributed by atoms with Gasteiger partial charge >= 0.3 is 49.7 Å². The van der Waals surface area contributed by atoms with Gasteiger partial charge < -0.3 is 37.2 Å². The van der Waals surface area contributed by atoms with Gasteiger partial charge in [-0.15, -0.1) is 0 Å². The maximum absolute atomic E-state index is 3.36. The Morgan fingerprint density at radius 1 is 1.12 bits per heavy atom. The summed E-state index contributed by atoms with van der Waals surface area (Å²) in [5, 5.41) is 0. The van der Waals surface area contributed by atoms with Crippen molar-refractivity contribution in [3.05, 3.63) is 0 Å². The topological polar surface area (TPSA) is 0 Å². The fraction of sp³-hybridized carbons (Fsp3) is 1.00. The molecule has 0 bridgehead atoms. The number of rotatable bonds is 2. The Kier molecular flexibility index (Phi) is 65.2. The van der Waals surface area contributed by atoms with Crippen LogP contribution in [-0.4, -0.2) is 32.8 Å². The van der Waals surface area contributed by atoms with Crippen LogP contribution in [0.1, 0.15) is 6.42 Å². The zero-order valence-corrected chi connectivity index (χ0v) is 10.4. The molecule has 0 spiro atoms. The molecular weight excluding hydrogens is 289 g/mol. The van der Waals surface area contributed by atoms with Crippen LogP contribution in [0.2, 0.25) is 10.5 Å². The summed E-state index contributed by atoms with van der Waals surface area (Å²) in [4.78, 5) is 0. The van der Waals surface area contributed by atoms with Crippen molar-refractivity contribution in [2.45, 2.75) is 16.9 Å². The summed E-state index contributed by atoms with van der Waals surface area (Å²) in [5.41, 5.74) is 0. The van der Waals surface area contributed by atoms with Gasteiger partial charge in [-0.3, -0.25) is 0 Å². The van der Waals surface area contributed by atoms with E-state index in [0.29, 0.717) is 0 Å². The van der Waals surface area contributed by atoms with Crippen LogP contribution in [0.5, 0.6) is 0 Å². The average molecular weight is 295 g/mol. The van der Waals surface area contributed by atoms with Gasteiger partial charge in [0.1, 0.15) is 0 Å². The monoisotopic (exact) mass is 295 g/mol. The molecule has 0 aliphatic rings. The Hall–Kier alpha value is 1.89. The molecule has 0 nitrogen and oxygen atoms in total. The molecule has 0 aromatic carbocycles. The van der Waals surface area contributed by atoms with Gasteiger partial charge in [0.25, 0.3) is 0 Å². The Labute approximate surface area is 86.3 Å². The fourth-order valence-electron chi connectivity index (χ4n) is 0.0884. The number of hydrogen-bond donors (Lipinski definition) is 0. The first-order valence-corrected chi connectivity index (χ1v) is 4.43. The van der Waals surface area contributed by atoms with Gasteiger partial charge in [0, 0.05) is 0 Å². The quantitative estimate of drug-likeness (QED) is 0.444. The molecule has 8 heavy (non-hydrogen) atoms. The first kappa shape index (κ1) is 22.5. The van der Waals surface area contributed by atoms with Gasteiger partial charge in [-0.05, 0) is 0 Å². The van der Waals surface area contributed by atoms with Gasteiger partial charge in [0.2, 0.25) is 0 Å². The van der Waals surface area contributed by atoms with Crippen molar-refractivity contribution in [3.8, 4) is 0 Å². The van der Waals surface area contributed by atoms with Gasteiger partial charge in [0.15, 0.2) is 0 Å². The Morgan fingerprint density at radius 3 is 1.50 bits per heavy atom. The molecule has 0 aromatic rings. The minimum atomic E-state index is 0. The van der Waals surface area contributed by atoms with E-state index in [1.165, 1.54) is 16.9 Å². The van der Waals surface area contributed by atoms with Crippen LogP contribution in [0, 0.1) is 0 Å². The molecule has 0 saturated heterocycles. The van der Waals surface area contributed by atoms with Gasteiger partial charge in [0.05, 0.1) is 0 Å². The van der Waals surface area contributed by atoms with Crippen molar-refractivity contribution in [2.75, 3.05) is 0 Å². The molecule has 0 fully saturated rings. The van der Waals surface area contributed by atoms with E-state index in [4.69, 9.17) is 0 Å². The molecular formula is C3H6Cl3SiSn. The molecule has 3 radical (unpaired) electrons. The van der Waals surface area contributed by atoms with E-state index in [-0.39, 0.29) is 37.2 Å². The standard InChI is InChI=1S/C3H6Si.3ClH.Sn/c1-2-3-4;;;;/h1-3H2;3*1H;/q;;;;+3/p-3. The molecule has 0 heterocycles. The molecule has 47 valence electrons. The molecule has 0 N–H and O–H groups in total. The molecule has 0 atom stereocenters. The van der Waals surface area contributed by atoms with E-state index in [1.54, 1.807) is 22.5 Å². The Morgan fingerprint density at radius 2 is 1.50 bits per heavy atom. The molecule has 0 rings (SSSR count). The van der Waals surface area contributed by atoms with E-state index in [0.717, 1.165) is 0 Å². The maximum atomic E-state index is 3.36. The van der Waals surface area contributed by atoms with E-state index >= 15 is 0 Å². The molecule has 0 saturated carbocycles. The van der Waals surface area contributed by atoms with Crippen molar-refractivity contribution >= 4 is 32.8 Å². The third-order valence-electron chi connectivity index (χ3n) is 0.354. The number of halogens is 3. The van der Waals surface area contributed by atoms with Crippen LogP contribution in [0.4, 0.5) is 0 Å². The van der Waals surface area contributed by atoms with E-state index in [2.05, 4.69) is 10.2 Å². The van der Waals surface area contributed by atoms with E-state index in [9.17, 15) is 0 Å². The fourth-order valence-corrected chi connectivity index (χ4v) is 1.78. The van der Waals surface area contributed by atoms with E-state index < -0.39 is 0 Å². The van der Waals surface area contributed by atoms with Crippen LogP contribution in [0.3, 0.4) is 0 Å². The van der Waals surface area contributed by atoms with Gasteiger partial charge in [-0.1, -0.05) is 0 Å². The Balaban J connectivity index is -0.0000000267. The van der Waals surface area contributed by atoms with E-state index in [1.807, 2.05) is 0 Å². The van der Waals surface area contributed by atoms with Crippen LogP contribution in [0.15, 0.2) is 0 Å². The van der Waals surface area contributed by atoms with Gasteiger partial charge in [-0.25, -0.2) is 0 Å². The normalized spacial score (nSPS) is 5.38. The molecule has 0 aliphatic heterocycles. The van der Waals surface area contributed by atoms with Crippen LogP contribution >= 0.6 is 0 Å². The molecule has 0 unspecified atom stereocenters.